The predicted molar refractivity (Wildman–Crippen MR) is 75.4 cm³/mol. The van der Waals surface area contributed by atoms with Crippen LogP contribution in [0, 0.1) is 0 Å². The normalized spacial score (nSPS) is 14.2. The summed E-state index contributed by atoms with van der Waals surface area (Å²) in [5, 5.41) is 13.2. The predicted octanol–water partition coefficient (Wildman–Crippen LogP) is 0.875. The highest BCUT2D eigenvalue weighted by Gasteiger charge is 2.15. The van der Waals surface area contributed by atoms with Crippen molar-refractivity contribution in [2.75, 3.05) is 17.5 Å². The molecule has 1 atom stereocenters. The van der Waals surface area contributed by atoms with E-state index in [2.05, 4.69) is 15.0 Å². The second-order valence-electron chi connectivity index (χ2n) is 5.47. The van der Waals surface area contributed by atoms with Gasteiger partial charge in [0.15, 0.2) is 0 Å². The van der Waals surface area contributed by atoms with Crippen LogP contribution in [0.4, 0.5) is 5.82 Å². The molecule has 0 saturated carbocycles. The van der Waals surface area contributed by atoms with Crippen molar-refractivity contribution in [1.29, 1.82) is 0 Å². The molecule has 108 valence electrons. The summed E-state index contributed by atoms with van der Waals surface area (Å²) >= 11 is 0. The van der Waals surface area contributed by atoms with Gasteiger partial charge in [0, 0.05) is 12.1 Å². The molecule has 0 aromatic carbocycles. The average molecular weight is 287 g/mol. The molecule has 0 aliphatic carbocycles. The van der Waals surface area contributed by atoms with Gasteiger partial charge < -0.3 is 10.4 Å². The number of aliphatic hydroxyl groups excluding tert-OH is 1. The SMILES string of the molecule is CC(C)(C)NC[C@H](O)c1cccc(NS(C)(=O)=O)n1. The molecule has 1 rings (SSSR count). The molecule has 3 N–H and O–H groups in total. The van der Waals surface area contributed by atoms with Crippen LogP contribution in [0.2, 0.25) is 0 Å². The summed E-state index contributed by atoms with van der Waals surface area (Å²) in [5.74, 6) is 0.204. The van der Waals surface area contributed by atoms with Gasteiger partial charge in [-0.15, -0.1) is 0 Å². The fourth-order valence-corrected chi connectivity index (χ4v) is 1.88. The molecule has 0 radical (unpaired) electrons. The second kappa shape index (κ2) is 5.85. The maximum absolute atomic E-state index is 11.1. The van der Waals surface area contributed by atoms with Gasteiger partial charge in [-0.05, 0) is 32.9 Å². The van der Waals surface area contributed by atoms with Crippen LogP contribution in [-0.4, -0.2) is 36.8 Å². The smallest absolute Gasteiger partial charge is 0.230 e. The highest BCUT2D eigenvalue weighted by molar-refractivity contribution is 7.92. The number of hydrogen-bond acceptors (Lipinski definition) is 5. The zero-order chi connectivity index (χ0) is 14.7. The van der Waals surface area contributed by atoms with Crippen LogP contribution in [-0.2, 0) is 10.0 Å². The van der Waals surface area contributed by atoms with E-state index in [9.17, 15) is 13.5 Å². The molecular weight excluding hydrogens is 266 g/mol. The molecule has 0 fully saturated rings. The summed E-state index contributed by atoms with van der Waals surface area (Å²) in [5.41, 5.74) is 0.314. The summed E-state index contributed by atoms with van der Waals surface area (Å²) in [7, 11) is -3.36. The molecular formula is C12H21N3O3S. The minimum Gasteiger partial charge on any atom is -0.385 e. The summed E-state index contributed by atoms with van der Waals surface area (Å²) < 4.78 is 24.5. The number of aliphatic hydroxyl groups is 1. The lowest BCUT2D eigenvalue weighted by Gasteiger charge is -2.22. The van der Waals surface area contributed by atoms with E-state index >= 15 is 0 Å². The Morgan fingerprint density at radius 2 is 2.00 bits per heavy atom. The molecule has 0 amide bonds. The van der Waals surface area contributed by atoms with Crippen LogP contribution >= 0.6 is 0 Å². The summed E-state index contributed by atoms with van der Waals surface area (Å²) in [6.45, 7) is 6.33. The van der Waals surface area contributed by atoms with E-state index < -0.39 is 16.1 Å². The number of β-amino-alcohol motifs (C(OH)–C–C–N with tert-alkyl or cyclic N) is 1. The van der Waals surface area contributed by atoms with Crippen molar-refractivity contribution in [3.8, 4) is 0 Å². The van der Waals surface area contributed by atoms with Crippen molar-refractivity contribution in [3.05, 3.63) is 23.9 Å². The van der Waals surface area contributed by atoms with Gasteiger partial charge in [0.2, 0.25) is 10.0 Å². The molecule has 0 aliphatic heterocycles. The van der Waals surface area contributed by atoms with Gasteiger partial charge in [-0.2, -0.15) is 0 Å². The van der Waals surface area contributed by atoms with Crippen LogP contribution in [0.25, 0.3) is 0 Å². The van der Waals surface area contributed by atoms with Crippen molar-refractivity contribution < 1.29 is 13.5 Å². The molecule has 0 bridgehead atoms. The number of anilines is 1. The standard InChI is InChI=1S/C12H21N3O3S/c1-12(2,3)13-8-10(16)9-6-5-7-11(14-9)15-19(4,17)18/h5-7,10,13,16H,8H2,1-4H3,(H,14,15)/t10-/m0/s1. The molecule has 19 heavy (non-hydrogen) atoms. The van der Waals surface area contributed by atoms with Crippen molar-refractivity contribution in [3.63, 3.8) is 0 Å². The molecule has 6 nitrogen and oxygen atoms in total. The molecule has 0 spiro atoms. The number of sulfonamides is 1. The highest BCUT2D eigenvalue weighted by Crippen LogP contribution is 2.14. The zero-order valence-electron chi connectivity index (χ0n) is 11.6. The average Bonchev–Trinajstić information content (AvgIpc) is 2.23. The van der Waals surface area contributed by atoms with E-state index in [0.29, 0.717) is 12.2 Å². The Kier molecular flexibility index (Phi) is 4.89. The van der Waals surface area contributed by atoms with E-state index in [1.807, 2.05) is 20.8 Å². The van der Waals surface area contributed by atoms with Gasteiger partial charge >= 0.3 is 0 Å². The molecule has 7 heteroatoms. The van der Waals surface area contributed by atoms with Crippen molar-refractivity contribution in [1.82, 2.24) is 10.3 Å². The Morgan fingerprint density at radius 1 is 1.37 bits per heavy atom. The van der Waals surface area contributed by atoms with E-state index in [4.69, 9.17) is 0 Å². The Balaban J connectivity index is 2.76. The molecule has 0 unspecified atom stereocenters. The Labute approximate surface area is 114 Å². The summed E-state index contributed by atoms with van der Waals surface area (Å²) in [4.78, 5) is 4.08. The third-order valence-electron chi connectivity index (χ3n) is 2.23. The van der Waals surface area contributed by atoms with Crippen LogP contribution in [0.5, 0.6) is 0 Å². The second-order valence-corrected chi connectivity index (χ2v) is 7.22. The third-order valence-corrected chi connectivity index (χ3v) is 2.81. The largest absolute Gasteiger partial charge is 0.385 e. The Bertz CT molecular complexity index is 523. The lowest BCUT2D eigenvalue weighted by atomic mass is 10.1. The first-order valence-corrected chi connectivity index (χ1v) is 7.84. The van der Waals surface area contributed by atoms with E-state index in [1.165, 1.54) is 6.07 Å². The summed E-state index contributed by atoms with van der Waals surface area (Å²) in [6, 6.07) is 4.84. The van der Waals surface area contributed by atoms with Crippen LogP contribution in [0.1, 0.15) is 32.6 Å². The van der Waals surface area contributed by atoms with Crippen LogP contribution in [0.15, 0.2) is 18.2 Å². The lowest BCUT2D eigenvalue weighted by Crippen LogP contribution is -2.38. The van der Waals surface area contributed by atoms with Crippen molar-refractivity contribution in [2.24, 2.45) is 0 Å². The van der Waals surface area contributed by atoms with Crippen LogP contribution < -0.4 is 10.0 Å². The Hall–Kier alpha value is -1.18. The zero-order valence-corrected chi connectivity index (χ0v) is 12.5. The van der Waals surface area contributed by atoms with E-state index in [-0.39, 0.29) is 11.4 Å². The fourth-order valence-electron chi connectivity index (χ4n) is 1.39. The molecule has 0 aliphatic rings. The molecule has 1 aromatic heterocycles. The lowest BCUT2D eigenvalue weighted by molar-refractivity contribution is 0.159. The maximum Gasteiger partial charge on any atom is 0.230 e. The number of pyridine rings is 1. The highest BCUT2D eigenvalue weighted by atomic mass is 32.2. The van der Waals surface area contributed by atoms with Gasteiger partial charge in [-0.3, -0.25) is 4.72 Å². The minimum absolute atomic E-state index is 0.108. The quantitative estimate of drug-likeness (QED) is 0.747. The molecule has 1 aromatic rings. The monoisotopic (exact) mass is 287 g/mol. The van der Waals surface area contributed by atoms with Crippen LogP contribution in [0.3, 0.4) is 0 Å². The van der Waals surface area contributed by atoms with E-state index in [0.717, 1.165) is 6.26 Å². The number of hydrogen-bond donors (Lipinski definition) is 3. The van der Waals surface area contributed by atoms with Crippen molar-refractivity contribution in [2.45, 2.75) is 32.4 Å². The van der Waals surface area contributed by atoms with Gasteiger partial charge in [0.25, 0.3) is 0 Å². The first-order valence-electron chi connectivity index (χ1n) is 5.95. The van der Waals surface area contributed by atoms with Gasteiger partial charge in [0.1, 0.15) is 11.9 Å². The Morgan fingerprint density at radius 3 is 2.53 bits per heavy atom. The van der Waals surface area contributed by atoms with Gasteiger partial charge in [-0.25, -0.2) is 13.4 Å². The first-order chi connectivity index (χ1) is 8.57. The number of nitrogens with one attached hydrogen (secondary N) is 2. The summed E-state index contributed by atoms with van der Waals surface area (Å²) in [6.07, 6.45) is 0.263. The van der Waals surface area contributed by atoms with Gasteiger partial charge in [0.05, 0.1) is 11.9 Å². The number of aromatic nitrogens is 1. The molecule has 0 saturated heterocycles. The minimum atomic E-state index is -3.36. The van der Waals surface area contributed by atoms with Crippen molar-refractivity contribution >= 4 is 15.8 Å². The topological polar surface area (TPSA) is 91.3 Å². The first kappa shape index (κ1) is 15.9. The molecule has 1 heterocycles. The third kappa shape index (κ3) is 6.51. The number of nitrogens with zero attached hydrogens (tertiary/aromatic N) is 1. The maximum atomic E-state index is 11.1. The fraction of sp³-hybridized carbons (Fsp3) is 0.583. The van der Waals surface area contributed by atoms with Gasteiger partial charge in [-0.1, -0.05) is 6.07 Å². The number of rotatable bonds is 5. The van der Waals surface area contributed by atoms with E-state index in [1.54, 1.807) is 12.1 Å².